The number of nitrogens with one attached hydrogen (secondary N) is 1. The molecule has 18 heavy (non-hydrogen) atoms. The molecular formula is C14H17N3O. The molecular weight excluding hydrogens is 226 g/mol. The van der Waals surface area contributed by atoms with Crippen LogP contribution in [0.5, 0.6) is 11.6 Å². The molecule has 2 aromatic rings. The minimum Gasteiger partial charge on any atom is -0.437 e. The first-order valence-corrected chi connectivity index (χ1v) is 6.04. The molecule has 0 spiro atoms. The summed E-state index contributed by atoms with van der Waals surface area (Å²) in [6.45, 7) is 5.67. The van der Waals surface area contributed by atoms with E-state index < -0.39 is 0 Å². The van der Waals surface area contributed by atoms with E-state index >= 15 is 0 Å². The van der Waals surface area contributed by atoms with E-state index in [9.17, 15) is 0 Å². The van der Waals surface area contributed by atoms with E-state index in [2.05, 4.69) is 22.2 Å². The summed E-state index contributed by atoms with van der Waals surface area (Å²) in [5, 5.41) is 3.21. The third-order valence-corrected chi connectivity index (χ3v) is 2.53. The average Bonchev–Trinajstić information content (AvgIpc) is 2.40. The van der Waals surface area contributed by atoms with Gasteiger partial charge >= 0.3 is 0 Å². The Hall–Kier alpha value is -1.94. The fourth-order valence-corrected chi connectivity index (χ4v) is 1.56. The number of nitrogens with zero attached hydrogens (tertiary/aromatic N) is 2. The van der Waals surface area contributed by atoms with E-state index in [4.69, 9.17) is 4.74 Å². The number of ether oxygens (including phenoxy) is 1. The van der Waals surface area contributed by atoms with Crippen molar-refractivity contribution in [1.82, 2.24) is 15.3 Å². The van der Waals surface area contributed by atoms with Gasteiger partial charge in [-0.05, 0) is 25.1 Å². The fourth-order valence-electron chi connectivity index (χ4n) is 1.56. The van der Waals surface area contributed by atoms with Crippen LogP contribution in [0.25, 0.3) is 0 Å². The second kappa shape index (κ2) is 6.12. The first kappa shape index (κ1) is 12.5. The summed E-state index contributed by atoms with van der Waals surface area (Å²) < 4.78 is 5.73. The highest BCUT2D eigenvalue weighted by atomic mass is 16.5. The van der Waals surface area contributed by atoms with Crippen molar-refractivity contribution in [2.75, 3.05) is 6.54 Å². The van der Waals surface area contributed by atoms with Gasteiger partial charge in [-0.1, -0.05) is 25.1 Å². The highest BCUT2D eigenvalue weighted by molar-refractivity contribution is 5.34. The van der Waals surface area contributed by atoms with Gasteiger partial charge in [0.25, 0.3) is 0 Å². The van der Waals surface area contributed by atoms with Crippen LogP contribution in [0, 0.1) is 6.92 Å². The normalized spacial score (nSPS) is 10.3. The summed E-state index contributed by atoms with van der Waals surface area (Å²) in [7, 11) is 0. The number of hydrogen-bond donors (Lipinski definition) is 1. The molecule has 0 fully saturated rings. The van der Waals surface area contributed by atoms with E-state index in [0.717, 1.165) is 23.6 Å². The van der Waals surface area contributed by atoms with Crippen molar-refractivity contribution in [2.45, 2.75) is 20.4 Å². The molecule has 0 unspecified atom stereocenters. The Labute approximate surface area is 107 Å². The second-order valence-electron chi connectivity index (χ2n) is 4.00. The quantitative estimate of drug-likeness (QED) is 0.877. The molecule has 0 saturated carbocycles. The lowest BCUT2D eigenvalue weighted by atomic mass is 10.2. The topological polar surface area (TPSA) is 47.0 Å². The van der Waals surface area contributed by atoms with Crippen LogP contribution in [0.3, 0.4) is 0 Å². The molecule has 0 aliphatic carbocycles. The number of aryl methyl sites for hydroxylation is 1. The van der Waals surface area contributed by atoms with Crippen molar-refractivity contribution < 1.29 is 4.74 Å². The van der Waals surface area contributed by atoms with Gasteiger partial charge in [-0.15, -0.1) is 0 Å². The maximum atomic E-state index is 5.73. The molecule has 0 aliphatic heterocycles. The van der Waals surface area contributed by atoms with E-state index in [0.29, 0.717) is 12.4 Å². The third-order valence-electron chi connectivity index (χ3n) is 2.53. The Kier molecular flexibility index (Phi) is 4.25. The summed E-state index contributed by atoms with van der Waals surface area (Å²) in [4.78, 5) is 8.54. The van der Waals surface area contributed by atoms with E-state index in [1.807, 2.05) is 31.2 Å². The minimum atomic E-state index is 0.528. The Morgan fingerprint density at radius 2 is 2.06 bits per heavy atom. The lowest BCUT2D eigenvalue weighted by Gasteiger charge is -2.08. The minimum absolute atomic E-state index is 0.528. The van der Waals surface area contributed by atoms with Crippen molar-refractivity contribution in [1.29, 1.82) is 0 Å². The summed E-state index contributed by atoms with van der Waals surface area (Å²) in [5.41, 5.74) is 1.96. The number of rotatable bonds is 5. The smallest absolute Gasteiger partial charge is 0.238 e. The maximum absolute atomic E-state index is 5.73. The van der Waals surface area contributed by atoms with Crippen LogP contribution in [-0.2, 0) is 6.54 Å². The van der Waals surface area contributed by atoms with Crippen LogP contribution in [-0.4, -0.2) is 16.5 Å². The Balaban J connectivity index is 2.12. The molecule has 1 aromatic carbocycles. The zero-order valence-corrected chi connectivity index (χ0v) is 10.7. The van der Waals surface area contributed by atoms with Crippen LogP contribution in [0.2, 0.25) is 0 Å². The Bertz CT molecular complexity index is 514. The zero-order chi connectivity index (χ0) is 12.8. The van der Waals surface area contributed by atoms with Gasteiger partial charge in [0.15, 0.2) is 0 Å². The molecule has 1 heterocycles. The average molecular weight is 243 g/mol. The van der Waals surface area contributed by atoms with Crippen LogP contribution in [0.4, 0.5) is 0 Å². The maximum Gasteiger partial charge on any atom is 0.238 e. The highest BCUT2D eigenvalue weighted by Gasteiger charge is 2.03. The highest BCUT2D eigenvalue weighted by Crippen LogP contribution is 2.22. The van der Waals surface area contributed by atoms with Gasteiger partial charge in [-0.2, -0.15) is 0 Å². The van der Waals surface area contributed by atoms with Gasteiger partial charge in [0.05, 0.1) is 11.9 Å². The van der Waals surface area contributed by atoms with Gasteiger partial charge in [0, 0.05) is 12.7 Å². The largest absolute Gasteiger partial charge is 0.437 e. The summed E-state index contributed by atoms with van der Waals surface area (Å²) in [6, 6.07) is 7.85. The summed E-state index contributed by atoms with van der Waals surface area (Å²) in [6.07, 6.45) is 3.37. The molecule has 0 bridgehead atoms. The number of para-hydroxylation sites is 1. The molecule has 1 N–H and O–H groups in total. The lowest BCUT2D eigenvalue weighted by Crippen LogP contribution is -2.13. The molecule has 0 amide bonds. The molecule has 0 aliphatic rings. The SMILES string of the molecule is CCNCc1cncc(Oc2ccccc2C)n1. The lowest BCUT2D eigenvalue weighted by molar-refractivity contribution is 0.453. The summed E-state index contributed by atoms with van der Waals surface area (Å²) in [5.74, 6) is 1.34. The number of hydrogen-bond acceptors (Lipinski definition) is 4. The van der Waals surface area contributed by atoms with Crippen LogP contribution >= 0.6 is 0 Å². The molecule has 4 nitrogen and oxygen atoms in total. The van der Waals surface area contributed by atoms with Crippen LogP contribution in [0.15, 0.2) is 36.7 Å². The van der Waals surface area contributed by atoms with Crippen molar-refractivity contribution in [3.8, 4) is 11.6 Å². The second-order valence-corrected chi connectivity index (χ2v) is 4.00. The van der Waals surface area contributed by atoms with E-state index in [-0.39, 0.29) is 0 Å². The van der Waals surface area contributed by atoms with Gasteiger partial charge in [-0.25, -0.2) is 4.98 Å². The predicted molar refractivity (Wildman–Crippen MR) is 70.7 cm³/mol. The van der Waals surface area contributed by atoms with Gasteiger partial charge in [0.1, 0.15) is 5.75 Å². The summed E-state index contributed by atoms with van der Waals surface area (Å²) >= 11 is 0. The zero-order valence-electron chi connectivity index (χ0n) is 10.7. The van der Waals surface area contributed by atoms with Crippen molar-refractivity contribution in [3.05, 3.63) is 47.9 Å². The van der Waals surface area contributed by atoms with E-state index in [1.54, 1.807) is 12.4 Å². The predicted octanol–water partition coefficient (Wildman–Crippen LogP) is 2.69. The Morgan fingerprint density at radius 1 is 1.22 bits per heavy atom. The molecule has 4 heteroatoms. The Morgan fingerprint density at radius 3 is 2.83 bits per heavy atom. The van der Waals surface area contributed by atoms with Gasteiger partial charge in [-0.3, -0.25) is 4.98 Å². The van der Waals surface area contributed by atoms with Gasteiger partial charge < -0.3 is 10.1 Å². The first-order chi connectivity index (χ1) is 8.79. The molecule has 0 radical (unpaired) electrons. The van der Waals surface area contributed by atoms with E-state index in [1.165, 1.54) is 0 Å². The molecule has 1 aromatic heterocycles. The number of benzene rings is 1. The standard InChI is InChI=1S/C14H17N3O/c1-3-15-8-12-9-16-10-14(17-12)18-13-7-5-4-6-11(13)2/h4-7,9-10,15H,3,8H2,1-2H3. The molecule has 94 valence electrons. The van der Waals surface area contributed by atoms with Crippen LogP contribution in [0.1, 0.15) is 18.2 Å². The van der Waals surface area contributed by atoms with Crippen molar-refractivity contribution in [2.24, 2.45) is 0 Å². The van der Waals surface area contributed by atoms with Gasteiger partial charge in [0.2, 0.25) is 5.88 Å². The monoisotopic (exact) mass is 243 g/mol. The first-order valence-electron chi connectivity index (χ1n) is 6.04. The van der Waals surface area contributed by atoms with Crippen LogP contribution < -0.4 is 10.1 Å². The molecule has 0 atom stereocenters. The molecule has 2 rings (SSSR count). The van der Waals surface area contributed by atoms with Crippen molar-refractivity contribution in [3.63, 3.8) is 0 Å². The van der Waals surface area contributed by atoms with Crippen molar-refractivity contribution >= 4 is 0 Å². The fraction of sp³-hybridized carbons (Fsp3) is 0.286. The molecule has 0 saturated heterocycles. The third kappa shape index (κ3) is 3.28. The number of aromatic nitrogens is 2.